The van der Waals surface area contributed by atoms with Crippen LogP contribution in [0.4, 0.5) is 18.9 Å². The molecule has 0 saturated heterocycles. The molecule has 0 aliphatic heterocycles. The zero-order chi connectivity index (χ0) is 14.0. The highest BCUT2D eigenvalue weighted by Crippen LogP contribution is 2.31. The largest absolute Gasteiger partial charge is 0.426 e. The molecule has 1 amide bonds. The first-order valence-electron chi connectivity index (χ1n) is 4.99. The van der Waals surface area contributed by atoms with E-state index in [-0.39, 0.29) is 12.3 Å². The second-order valence-corrected chi connectivity index (χ2v) is 3.88. The quantitative estimate of drug-likeness (QED) is 0.772. The summed E-state index contributed by atoms with van der Waals surface area (Å²) in [5.74, 6) is -1.58. The van der Waals surface area contributed by atoms with Crippen molar-refractivity contribution in [3.8, 4) is 0 Å². The van der Waals surface area contributed by atoms with Crippen LogP contribution < -0.4 is 5.32 Å². The van der Waals surface area contributed by atoms with Crippen LogP contribution in [0.15, 0.2) is 24.3 Å². The molecule has 0 aliphatic carbocycles. The zero-order valence-electron chi connectivity index (χ0n) is 9.45. The van der Waals surface area contributed by atoms with E-state index in [1.165, 1.54) is 24.3 Å². The average Bonchev–Trinajstić information content (AvgIpc) is 2.27. The van der Waals surface area contributed by atoms with Crippen LogP contribution in [0, 0.1) is 0 Å². The van der Waals surface area contributed by atoms with E-state index in [1.807, 2.05) is 5.32 Å². The van der Waals surface area contributed by atoms with Gasteiger partial charge in [0.25, 0.3) is 5.91 Å². The van der Waals surface area contributed by atoms with E-state index < -0.39 is 17.7 Å². The average molecular weight is 263 g/mol. The minimum Gasteiger partial charge on any atom is -0.392 e. The Morgan fingerprint density at radius 1 is 1.39 bits per heavy atom. The van der Waals surface area contributed by atoms with Crippen molar-refractivity contribution in [3.05, 3.63) is 29.8 Å². The summed E-state index contributed by atoms with van der Waals surface area (Å²) in [5.41, 5.74) is -2.97. The van der Waals surface area contributed by atoms with Crippen molar-refractivity contribution in [2.75, 3.05) is 5.32 Å². The lowest BCUT2D eigenvalue weighted by Crippen LogP contribution is -2.52. The number of hydrogen-bond acceptors (Lipinski definition) is 3. The third-order valence-electron chi connectivity index (χ3n) is 2.36. The van der Waals surface area contributed by atoms with E-state index >= 15 is 0 Å². The van der Waals surface area contributed by atoms with Gasteiger partial charge in [0.15, 0.2) is 0 Å². The molecule has 3 N–H and O–H groups in total. The molecule has 7 heteroatoms. The molecule has 0 saturated carbocycles. The van der Waals surface area contributed by atoms with Crippen LogP contribution in [-0.2, 0) is 11.4 Å². The van der Waals surface area contributed by atoms with E-state index in [0.717, 1.165) is 0 Å². The molecule has 0 heterocycles. The van der Waals surface area contributed by atoms with E-state index in [9.17, 15) is 18.0 Å². The van der Waals surface area contributed by atoms with Gasteiger partial charge in [-0.25, -0.2) is 0 Å². The first kappa shape index (κ1) is 14.5. The lowest BCUT2D eigenvalue weighted by molar-refractivity contribution is -0.242. The maximum absolute atomic E-state index is 12.4. The van der Waals surface area contributed by atoms with Crippen molar-refractivity contribution in [3.63, 3.8) is 0 Å². The van der Waals surface area contributed by atoms with Crippen molar-refractivity contribution < 1.29 is 28.2 Å². The fourth-order valence-corrected chi connectivity index (χ4v) is 1.13. The lowest BCUT2D eigenvalue weighted by Gasteiger charge is -2.24. The van der Waals surface area contributed by atoms with Crippen molar-refractivity contribution >= 4 is 11.6 Å². The first-order valence-corrected chi connectivity index (χ1v) is 4.99. The summed E-state index contributed by atoms with van der Waals surface area (Å²) in [4.78, 5) is 11.3. The van der Waals surface area contributed by atoms with Gasteiger partial charge in [0.05, 0.1) is 6.61 Å². The number of alkyl halides is 3. The Bertz CT molecular complexity index is 443. The summed E-state index contributed by atoms with van der Waals surface area (Å²) < 4.78 is 37.1. The molecule has 18 heavy (non-hydrogen) atoms. The smallest absolute Gasteiger partial charge is 0.392 e. The highest BCUT2D eigenvalue weighted by Gasteiger charge is 2.55. The second-order valence-electron chi connectivity index (χ2n) is 3.88. The fourth-order valence-electron chi connectivity index (χ4n) is 1.13. The summed E-state index contributed by atoms with van der Waals surface area (Å²) in [6.45, 7) is 0.0671. The molecule has 0 bridgehead atoms. The summed E-state index contributed by atoms with van der Waals surface area (Å²) in [7, 11) is 0. The van der Waals surface area contributed by atoms with E-state index in [4.69, 9.17) is 10.2 Å². The monoisotopic (exact) mass is 263 g/mol. The summed E-state index contributed by atoms with van der Waals surface area (Å²) in [5, 5.41) is 19.9. The first-order chi connectivity index (χ1) is 8.18. The molecule has 1 aromatic carbocycles. The Hall–Kier alpha value is -1.60. The fraction of sp³-hybridized carbons (Fsp3) is 0.364. The van der Waals surface area contributed by atoms with Crippen molar-refractivity contribution in [1.29, 1.82) is 0 Å². The molecule has 0 aromatic heterocycles. The van der Waals surface area contributed by atoms with Crippen molar-refractivity contribution in [2.24, 2.45) is 0 Å². The standard InChI is InChI=1S/C11H12F3NO3/c1-10(18,11(12,13)14)9(17)15-8-4-2-3-7(5-8)6-16/h2-5,16,18H,6H2,1H3,(H,15,17)/t10-/m1/s1. The summed E-state index contributed by atoms with van der Waals surface area (Å²) in [6.07, 6.45) is -5.06. The molecule has 0 spiro atoms. The number of aliphatic hydroxyl groups excluding tert-OH is 1. The van der Waals surface area contributed by atoms with Crippen LogP contribution >= 0.6 is 0 Å². The van der Waals surface area contributed by atoms with Gasteiger partial charge in [-0.15, -0.1) is 0 Å². The summed E-state index contributed by atoms with van der Waals surface area (Å²) in [6, 6.07) is 5.66. The Morgan fingerprint density at radius 2 is 2.00 bits per heavy atom. The number of carbonyl (C=O) groups is 1. The van der Waals surface area contributed by atoms with Crippen LogP contribution in [0.25, 0.3) is 0 Å². The maximum Gasteiger partial charge on any atom is 0.426 e. The van der Waals surface area contributed by atoms with Gasteiger partial charge in [-0.2, -0.15) is 13.2 Å². The molecular weight excluding hydrogens is 251 g/mol. The normalized spacial score (nSPS) is 15.0. The van der Waals surface area contributed by atoms with Gasteiger partial charge < -0.3 is 15.5 Å². The van der Waals surface area contributed by atoms with Crippen LogP contribution in [0.3, 0.4) is 0 Å². The molecular formula is C11H12F3NO3. The van der Waals surface area contributed by atoms with Crippen molar-refractivity contribution in [2.45, 2.75) is 25.3 Å². The van der Waals surface area contributed by atoms with E-state index in [2.05, 4.69) is 0 Å². The second kappa shape index (κ2) is 4.95. The summed E-state index contributed by atoms with van der Waals surface area (Å²) >= 11 is 0. The van der Waals surface area contributed by atoms with Gasteiger partial charge in [0.1, 0.15) is 0 Å². The Morgan fingerprint density at radius 3 is 2.50 bits per heavy atom. The number of halogens is 3. The van der Waals surface area contributed by atoms with E-state index in [0.29, 0.717) is 12.5 Å². The van der Waals surface area contributed by atoms with Crippen LogP contribution in [0.2, 0.25) is 0 Å². The molecule has 1 aromatic rings. The van der Waals surface area contributed by atoms with Crippen LogP contribution in [0.1, 0.15) is 12.5 Å². The predicted octanol–water partition coefficient (Wildman–Crippen LogP) is 1.43. The third-order valence-corrected chi connectivity index (χ3v) is 2.36. The number of carbonyl (C=O) groups excluding carboxylic acids is 1. The Labute approximate surface area is 101 Å². The molecule has 0 unspecified atom stereocenters. The van der Waals surface area contributed by atoms with E-state index in [1.54, 1.807) is 0 Å². The van der Waals surface area contributed by atoms with Gasteiger partial charge >= 0.3 is 6.18 Å². The number of benzene rings is 1. The molecule has 0 fully saturated rings. The lowest BCUT2D eigenvalue weighted by atomic mass is 10.1. The number of hydrogen-bond donors (Lipinski definition) is 3. The van der Waals surface area contributed by atoms with Gasteiger partial charge in [-0.1, -0.05) is 12.1 Å². The number of nitrogens with one attached hydrogen (secondary N) is 1. The maximum atomic E-state index is 12.4. The number of aliphatic hydroxyl groups is 2. The minimum atomic E-state index is -5.06. The minimum absolute atomic E-state index is 0.0658. The van der Waals surface area contributed by atoms with Crippen LogP contribution in [0.5, 0.6) is 0 Å². The molecule has 4 nitrogen and oxygen atoms in total. The van der Waals surface area contributed by atoms with Gasteiger partial charge in [0.2, 0.25) is 5.60 Å². The highest BCUT2D eigenvalue weighted by molar-refractivity contribution is 5.97. The molecule has 1 rings (SSSR count). The zero-order valence-corrected chi connectivity index (χ0v) is 9.45. The molecule has 0 radical (unpaired) electrons. The molecule has 100 valence electrons. The van der Waals surface area contributed by atoms with Crippen molar-refractivity contribution in [1.82, 2.24) is 0 Å². The third kappa shape index (κ3) is 2.99. The number of amides is 1. The highest BCUT2D eigenvalue weighted by atomic mass is 19.4. The SMILES string of the molecule is C[C@@](O)(C(=O)Nc1cccc(CO)c1)C(F)(F)F. The van der Waals surface area contributed by atoms with Gasteiger partial charge in [0, 0.05) is 5.69 Å². The van der Waals surface area contributed by atoms with Gasteiger partial charge in [-0.05, 0) is 24.6 Å². The molecule has 1 atom stereocenters. The Kier molecular flexibility index (Phi) is 3.98. The number of rotatable bonds is 3. The topological polar surface area (TPSA) is 69.6 Å². The Balaban J connectivity index is 2.88. The van der Waals surface area contributed by atoms with Crippen LogP contribution in [-0.4, -0.2) is 27.9 Å². The molecule has 0 aliphatic rings. The predicted molar refractivity (Wildman–Crippen MR) is 57.7 cm³/mol. The van der Waals surface area contributed by atoms with Gasteiger partial charge in [-0.3, -0.25) is 4.79 Å². The number of anilines is 1.